The van der Waals surface area contributed by atoms with Gasteiger partial charge in [-0.05, 0) is 67.1 Å². The molecule has 1 unspecified atom stereocenters. The molecule has 2 aliphatic heterocycles. The normalized spacial score (nSPS) is 16.0. The largest absolute Gasteiger partial charge is 0.451 e. The molecule has 2 aliphatic rings. The van der Waals surface area contributed by atoms with Crippen molar-refractivity contribution in [1.82, 2.24) is 10.2 Å². The number of halogens is 2. The van der Waals surface area contributed by atoms with Crippen molar-refractivity contribution < 1.29 is 18.4 Å². The standard InChI is InChI=1S/C35H33ClFN3O4/c36-26-9-7-23(8-10-26)18-28(38-35(43)33-21-31(41)29-12-11-27(37)20-32(29)44-33)19-24-13-16-39(17-14-24)30-5-2-1-4-25(30)22-40-15-3-6-34(40)42/h1-2,4-5,7-12,19-21,28H,3,6,13-18,22H2,(H,38,43). The first-order valence-electron chi connectivity index (χ1n) is 14.9. The van der Waals surface area contributed by atoms with Crippen LogP contribution < -0.4 is 15.6 Å². The summed E-state index contributed by atoms with van der Waals surface area (Å²) in [6.45, 7) is 3.05. The van der Waals surface area contributed by atoms with Crippen molar-refractivity contribution in [2.24, 2.45) is 0 Å². The third kappa shape index (κ3) is 6.86. The van der Waals surface area contributed by atoms with Crippen molar-refractivity contribution in [3.63, 3.8) is 0 Å². The van der Waals surface area contributed by atoms with Gasteiger partial charge in [0.1, 0.15) is 11.4 Å². The molecule has 0 spiro atoms. The molecular weight excluding hydrogens is 581 g/mol. The van der Waals surface area contributed by atoms with Gasteiger partial charge in [-0.1, -0.05) is 53.6 Å². The summed E-state index contributed by atoms with van der Waals surface area (Å²) >= 11 is 6.10. The van der Waals surface area contributed by atoms with Gasteiger partial charge in [-0.2, -0.15) is 0 Å². The lowest BCUT2D eigenvalue weighted by molar-refractivity contribution is -0.128. The lowest BCUT2D eigenvalue weighted by Crippen LogP contribution is -2.37. The van der Waals surface area contributed by atoms with Crippen LogP contribution in [0.25, 0.3) is 11.0 Å². The minimum absolute atomic E-state index is 0.0250. The number of likely N-dealkylation sites (tertiary alicyclic amines) is 1. The van der Waals surface area contributed by atoms with Gasteiger partial charge in [0.2, 0.25) is 5.91 Å². The van der Waals surface area contributed by atoms with E-state index in [4.69, 9.17) is 16.0 Å². The maximum Gasteiger partial charge on any atom is 0.287 e. The Morgan fingerprint density at radius 3 is 2.50 bits per heavy atom. The first kappa shape index (κ1) is 29.6. The average molecular weight is 614 g/mol. The summed E-state index contributed by atoms with van der Waals surface area (Å²) in [5, 5.41) is 3.86. The summed E-state index contributed by atoms with van der Waals surface area (Å²) < 4.78 is 19.5. The van der Waals surface area contributed by atoms with Crippen LogP contribution >= 0.6 is 11.6 Å². The molecule has 7 nitrogen and oxygen atoms in total. The van der Waals surface area contributed by atoms with Gasteiger partial charge in [0.25, 0.3) is 5.91 Å². The van der Waals surface area contributed by atoms with Crippen LogP contribution in [0.1, 0.15) is 47.4 Å². The molecule has 226 valence electrons. The zero-order valence-corrected chi connectivity index (χ0v) is 25.0. The summed E-state index contributed by atoms with van der Waals surface area (Å²) in [6.07, 6.45) is 5.77. The van der Waals surface area contributed by atoms with E-state index in [1.165, 1.54) is 17.7 Å². The summed E-state index contributed by atoms with van der Waals surface area (Å²) in [5.74, 6) is -1.06. The Morgan fingerprint density at radius 1 is 0.977 bits per heavy atom. The molecular formula is C35H33ClFN3O4. The molecule has 3 heterocycles. The molecule has 44 heavy (non-hydrogen) atoms. The highest BCUT2D eigenvalue weighted by molar-refractivity contribution is 6.30. The second-order valence-corrected chi connectivity index (χ2v) is 11.8. The van der Waals surface area contributed by atoms with Gasteiger partial charge in [-0.3, -0.25) is 14.4 Å². The Kier molecular flexibility index (Phi) is 8.79. The van der Waals surface area contributed by atoms with E-state index in [2.05, 4.69) is 28.4 Å². The second kappa shape index (κ2) is 13.1. The van der Waals surface area contributed by atoms with Gasteiger partial charge in [-0.25, -0.2) is 4.39 Å². The number of nitrogens with one attached hydrogen (secondary N) is 1. The number of benzene rings is 3. The van der Waals surface area contributed by atoms with E-state index < -0.39 is 17.2 Å². The molecule has 6 rings (SSSR count). The van der Waals surface area contributed by atoms with Crippen LogP contribution in [0.2, 0.25) is 5.02 Å². The second-order valence-electron chi connectivity index (χ2n) is 11.4. The van der Waals surface area contributed by atoms with Gasteiger partial charge >= 0.3 is 0 Å². The highest BCUT2D eigenvalue weighted by atomic mass is 35.5. The quantitative estimate of drug-likeness (QED) is 0.237. The predicted octanol–water partition coefficient (Wildman–Crippen LogP) is 6.28. The summed E-state index contributed by atoms with van der Waals surface area (Å²) in [4.78, 5) is 42.5. The van der Waals surface area contributed by atoms with E-state index in [9.17, 15) is 18.8 Å². The molecule has 0 saturated carbocycles. The number of fused-ring (bicyclic) bond motifs is 1. The van der Waals surface area contributed by atoms with Crippen LogP contribution in [0, 0.1) is 5.82 Å². The van der Waals surface area contributed by atoms with Gasteiger partial charge in [0, 0.05) is 55.4 Å². The van der Waals surface area contributed by atoms with Crippen LogP contribution in [0.3, 0.4) is 0 Å². The Hall–Kier alpha value is -4.43. The highest BCUT2D eigenvalue weighted by Gasteiger charge is 2.24. The number of piperidine rings is 1. The molecule has 0 radical (unpaired) electrons. The van der Waals surface area contributed by atoms with Gasteiger partial charge in [0.05, 0.1) is 11.4 Å². The highest BCUT2D eigenvalue weighted by Crippen LogP contribution is 2.29. The number of para-hydroxylation sites is 1. The van der Waals surface area contributed by atoms with Gasteiger partial charge in [-0.15, -0.1) is 0 Å². The topological polar surface area (TPSA) is 82.9 Å². The van der Waals surface area contributed by atoms with Crippen LogP contribution in [-0.4, -0.2) is 42.4 Å². The minimum Gasteiger partial charge on any atom is -0.451 e. The molecule has 3 aromatic carbocycles. The zero-order valence-electron chi connectivity index (χ0n) is 24.2. The van der Waals surface area contributed by atoms with E-state index in [1.807, 2.05) is 41.3 Å². The lowest BCUT2D eigenvalue weighted by atomic mass is 9.97. The summed E-state index contributed by atoms with van der Waals surface area (Å²) in [6, 6.07) is 20.1. The maximum absolute atomic E-state index is 13.8. The number of anilines is 1. The zero-order chi connectivity index (χ0) is 30.6. The summed E-state index contributed by atoms with van der Waals surface area (Å²) in [5.41, 5.74) is 4.12. The van der Waals surface area contributed by atoms with E-state index in [-0.39, 0.29) is 28.7 Å². The Labute approximate surface area is 259 Å². The molecule has 0 aliphatic carbocycles. The number of rotatable bonds is 8. The summed E-state index contributed by atoms with van der Waals surface area (Å²) in [7, 11) is 0. The minimum atomic E-state index is -0.554. The SMILES string of the molecule is O=C(NC(C=C1CCN(c2ccccc2CN2CCCC2=O)CC1)Cc1ccc(Cl)cc1)c1cc(=O)c2ccc(F)cc2o1. The predicted molar refractivity (Wildman–Crippen MR) is 169 cm³/mol. The molecule has 2 saturated heterocycles. The third-order valence-electron chi connectivity index (χ3n) is 8.31. The van der Waals surface area contributed by atoms with Crippen molar-refractivity contribution in [1.29, 1.82) is 0 Å². The van der Waals surface area contributed by atoms with Gasteiger partial charge in [0.15, 0.2) is 11.2 Å². The molecule has 2 fully saturated rings. The Balaban J connectivity index is 1.19. The van der Waals surface area contributed by atoms with E-state index >= 15 is 0 Å². The van der Waals surface area contributed by atoms with E-state index in [1.54, 1.807) is 0 Å². The number of carbonyl (C=O) groups is 2. The lowest BCUT2D eigenvalue weighted by Gasteiger charge is -2.33. The molecule has 1 atom stereocenters. The monoisotopic (exact) mass is 613 g/mol. The van der Waals surface area contributed by atoms with Crippen molar-refractivity contribution in [3.8, 4) is 0 Å². The van der Waals surface area contributed by atoms with E-state index in [0.29, 0.717) is 24.4 Å². The number of hydrogen-bond donors (Lipinski definition) is 1. The fraction of sp³-hybridized carbons (Fsp3) is 0.286. The number of carbonyl (C=O) groups excluding carboxylic acids is 2. The Morgan fingerprint density at radius 2 is 1.75 bits per heavy atom. The molecule has 1 aromatic heterocycles. The average Bonchev–Trinajstić information content (AvgIpc) is 3.42. The maximum atomic E-state index is 13.8. The van der Waals surface area contributed by atoms with Crippen molar-refractivity contribution in [3.05, 3.63) is 122 Å². The number of amides is 2. The van der Waals surface area contributed by atoms with E-state index in [0.717, 1.165) is 67.8 Å². The van der Waals surface area contributed by atoms with Gasteiger partial charge < -0.3 is 19.5 Å². The molecule has 9 heteroatoms. The van der Waals surface area contributed by atoms with Crippen molar-refractivity contribution >= 4 is 40.1 Å². The van der Waals surface area contributed by atoms with Crippen LogP contribution in [0.15, 0.2) is 93.7 Å². The fourth-order valence-electron chi connectivity index (χ4n) is 6.02. The first-order valence-corrected chi connectivity index (χ1v) is 15.3. The van der Waals surface area contributed by atoms with Crippen LogP contribution in [-0.2, 0) is 17.8 Å². The molecule has 2 amide bonds. The Bertz CT molecular complexity index is 1780. The van der Waals surface area contributed by atoms with Crippen molar-refractivity contribution in [2.45, 2.75) is 44.7 Å². The van der Waals surface area contributed by atoms with Crippen molar-refractivity contribution in [2.75, 3.05) is 24.5 Å². The molecule has 0 bridgehead atoms. The number of nitrogens with zero attached hydrogens (tertiary/aromatic N) is 2. The van der Waals surface area contributed by atoms with Crippen LogP contribution in [0.5, 0.6) is 0 Å². The molecule has 4 aromatic rings. The third-order valence-corrected chi connectivity index (χ3v) is 8.56. The molecule has 1 N–H and O–H groups in total. The fourth-order valence-corrected chi connectivity index (χ4v) is 6.15. The number of hydrogen-bond acceptors (Lipinski definition) is 5. The smallest absolute Gasteiger partial charge is 0.287 e. The first-order chi connectivity index (χ1) is 21.3. The van der Waals surface area contributed by atoms with Crippen LogP contribution in [0.4, 0.5) is 10.1 Å².